The number of benzene rings is 2. The van der Waals surface area contributed by atoms with Gasteiger partial charge >= 0.3 is 11.9 Å². The van der Waals surface area contributed by atoms with Crippen LogP contribution in [0.4, 0.5) is 0 Å². The van der Waals surface area contributed by atoms with Crippen LogP contribution in [-0.2, 0) is 0 Å². The Hall–Kier alpha value is -4.04. The third kappa shape index (κ3) is 8.37. The fourth-order valence-electron chi connectivity index (χ4n) is 2.27. The summed E-state index contributed by atoms with van der Waals surface area (Å²) in [5, 5.41) is 35.3. The van der Waals surface area contributed by atoms with Crippen LogP contribution in [-0.4, -0.2) is 35.4 Å². The predicted molar refractivity (Wildman–Crippen MR) is 117 cm³/mol. The quantitative estimate of drug-likeness (QED) is 0.610. The summed E-state index contributed by atoms with van der Waals surface area (Å²) in [5.41, 5.74) is 0.683. The van der Waals surface area contributed by atoms with Crippen LogP contribution in [0.15, 0.2) is 36.4 Å². The van der Waals surface area contributed by atoms with Crippen LogP contribution >= 0.6 is 0 Å². The molecule has 168 valence electrons. The van der Waals surface area contributed by atoms with E-state index in [-0.39, 0.29) is 22.3 Å². The second-order valence-corrected chi connectivity index (χ2v) is 7.67. The first kappa shape index (κ1) is 26.0. The highest BCUT2D eigenvalue weighted by Crippen LogP contribution is 2.21. The zero-order valence-corrected chi connectivity index (χ0v) is 18.5. The van der Waals surface area contributed by atoms with Gasteiger partial charge in [-0.1, -0.05) is 27.7 Å². The number of carbonyl (C=O) groups is 2. The molecule has 0 saturated carbocycles. The van der Waals surface area contributed by atoms with E-state index >= 15 is 0 Å². The SMILES string of the molecule is CC(C)COc1ccc(C(=O)O)cc1C#N.CC(C)COc1ccc(C(=O)O)cc1C#N. The summed E-state index contributed by atoms with van der Waals surface area (Å²) in [5.74, 6) is -0.530. The number of carboxylic acid groups (broad SMARTS) is 2. The van der Waals surface area contributed by atoms with Crippen molar-refractivity contribution in [2.75, 3.05) is 13.2 Å². The summed E-state index contributed by atoms with van der Waals surface area (Å²) in [6, 6.07) is 12.4. The summed E-state index contributed by atoms with van der Waals surface area (Å²) in [6.45, 7) is 8.99. The first-order valence-corrected chi connectivity index (χ1v) is 9.89. The van der Waals surface area contributed by atoms with Crippen molar-refractivity contribution in [3.05, 3.63) is 58.7 Å². The monoisotopic (exact) mass is 438 g/mol. The Morgan fingerprint density at radius 2 is 1.12 bits per heavy atom. The number of nitriles is 2. The second-order valence-electron chi connectivity index (χ2n) is 7.67. The first-order chi connectivity index (χ1) is 15.1. The smallest absolute Gasteiger partial charge is 0.335 e. The Morgan fingerprint density at radius 3 is 1.38 bits per heavy atom. The van der Waals surface area contributed by atoms with Gasteiger partial charge in [0.15, 0.2) is 0 Å². The number of hydrogen-bond donors (Lipinski definition) is 2. The molecule has 2 N–H and O–H groups in total. The van der Waals surface area contributed by atoms with Crippen LogP contribution in [0.2, 0.25) is 0 Å². The van der Waals surface area contributed by atoms with Crippen molar-refractivity contribution in [2.45, 2.75) is 27.7 Å². The van der Waals surface area contributed by atoms with Crippen molar-refractivity contribution in [3.63, 3.8) is 0 Å². The molecule has 32 heavy (non-hydrogen) atoms. The molecule has 0 bridgehead atoms. The highest BCUT2D eigenvalue weighted by molar-refractivity contribution is 5.88. The summed E-state index contributed by atoms with van der Waals surface area (Å²) in [7, 11) is 0. The Balaban J connectivity index is 0.000000320. The van der Waals surface area contributed by atoms with Gasteiger partial charge in [-0.25, -0.2) is 9.59 Å². The van der Waals surface area contributed by atoms with Crippen molar-refractivity contribution in [1.29, 1.82) is 10.5 Å². The van der Waals surface area contributed by atoms with Crippen LogP contribution in [0.1, 0.15) is 59.5 Å². The Labute approximate surface area is 187 Å². The molecule has 0 unspecified atom stereocenters. The topological polar surface area (TPSA) is 141 Å². The first-order valence-electron chi connectivity index (χ1n) is 9.89. The third-order valence-electron chi connectivity index (χ3n) is 3.84. The molecule has 2 aromatic rings. The van der Waals surface area contributed by atoms with Crippen LogP contribution in [0.5, 0.6) is 11.5 Å². The molecule has 0 aromatic heterocycles. The number of hydrogen-bond acceptors (Lipinski definition) is 6. The largest absolute Gasteiger partial charge is 0.492 e. The van der Waals surface area contributed by atoms with Crippen LogP contribution in [0.25, 0.3) is 0 Å². The van der Waals surface area contributed by atoms with Gasteiger partial charge in [-0.05, 0) is 48.2 Å². The van der Waals surface area contributed by atoms with Crippen LogP contribution in [0, 0.1) is 34.5 Å². The molecule has 0 aliphatic heterocycles. The fourth-order valence-corrected chi connectivity index (χ4v) is 2.27. The maximum Gasteiger partial charge on any atom is 0.335 e. The number of ether oxygens (including phenoxy) is 2. The van der Waals surface area contributed by atoms with E-state index in [0.29, 0.717) is 36.5 Å². The molecule has 0 saturated heterocycles. The molecule has 8 heteroatoms. The summed E-state index contributed by atoms with van der Waals surface area (Å²) in [4.78, 5) is 21.4. The summed E-state index contributed by atoms with van der Waals surface area (Å²) in [6.07, 6.45) is 0. The van der Waals surface area contributed by atoms with Gasteiger partial charge in [-0.2, -0.15) is 10.5 Å². The zero-order chi connectivity index (χ0) is 24.3. The van der Waals surface area contributed by atoms with Gasteiger partial charge in [-0.3, -0.25) is 0 Å². The van der Waals surface area contributed by atoms with Gasteiger partial charge in [-0.15, -0.1) is 0 Å². The Bertz CT molecular complexity index is 948. The Morgan fingerprint density at radius 1 is 0.781 bits per heavy atom. The average molecular weight is 438 g/mol. The van der Waals surface area contributed by atoms with Gasteiger partial charge in [0.05, 0.1) is 35.5 Å². The molecule has 0 aliphatic carbocycles. The molecular weight excluding hydrogens is 412 g/mol. The van der Waals surface area contributed by atoms with Crippen molar-refractivity contribution in [2.24, 2.45) is 11.8 Å². The predicted octanol–water partition coefficient (Wildman–Crippen LogP) is 4.58. The van der Waals surface area contributed by atoms with Crippen LogP contribution < -0.4 is 9.47 Å². The standard InChI is InChI=1S/2C12H13NO3/c2*1-8(2)7-16-11-4-3-9(12(14)15)5-10(11)6-13/h2*3-5,8H,7H2,1-2H3,(H,14,15). The van der Waals surface area contributed by atoms with E-state index in [1.165, 1.54) is 36.4 Å². The highest BCUT2D eigenvalue weighted by atomic mass is 16.5. The van der Waals surface area contributed by atoms with Gasteiger partial charge in [0.1, 0.15) is 23.6 Å². The Kier molecular flexibility index (Phi) is 10.2. The molecule has 0 atom stereocenters. The van der Waals surface area contributed by atoms with E-state index in [0.717, 1.165) is 0 Å². The minimum absolute atomic E-state index is 0.0912. The minimum Gasteiger partial charge on any atom is -0.492 e. The lowest BCUT2D eigenvalue weighted by molar-refractivity contribution is 0.0686. The molecule has 0 heterocycles. The van der Waals surface area contributed by atoms with Gasteiger partial charge in [0, 0.05) is 0 Å². The molecule has 0 spiro atoms. The molecule has 2 rings (SSSR count). The lowest BCUT2D eigenvalue weighted by atomic mass is 10.1. The molecule has 2 aromatic carbocycles. The normalized spacial score (nSPS) is 9.88. The lowest BCUT2D eigenvalue weighted by Gasteiger charge is -2.10. The number of rotatable bonds is 8. The fraction of sp³-hybridized carbons (Fsp3) is 0.333. The minimum atomic E-state index is -1.05. The molecule has 0 amide bonds. The van der Waals surface area contributed by atoms with Crippen molar-refractivity contribution in [1.82, 2.24) is 0 Å². The van der Waals surface area contributed by atoms with E-state index in [2.05, 4.69) is 0 Å². The van der Waals surface area contributed by atoms with Crippen molar-refractivity contribution < 1.29 is 29.3 Å². The summed E-state index contributed by atoms with van der Waals surface area (Å²) < 4.78 is 10.8. The molecule has 0 radical (unpaired) electrons. The van der Waals surface area contributed by atoms with Crippen molar-refractivity contribution in [3.8, 4) is 23.6 Å². The molecule has 8 nitrogen and oxygen atoms in total. The van der Waals surface area contributed by atoms with E-state index in [4.69, 9.17) is 30.2 Å². The van der Waals surface area contributed by atoms with Crippen molar-refractivity contribution >= 4 is 11.9 Å². The number of aromatic carboxylic acids is 2. The molecular formula is C24H26N2O6. The molecule has 0 fully saturated rings. The van der Waals surface area contributed by atoms with E-state index in [1.54, 1.807) is 0 Å². The van der Waals surface area contributed by atoms with Gasteiger partial charge in [0.25, 0.3) is 0 Å². The van der Waals surface area contributed by atoms with E-state index < -0.39 is 11.9 Å². The average Bonchev–Trinajstić information content (AvgIpc) is 2.76. The lowest BCUT2D eigenvalue weighted by Crippen LogP contribution is -2.06. The van der Waals surface area contributed by atoms with E-state index in [1.807, 2.05) is 39.8 Å². The highest BCUT2D eigenvalue weighted by Gasteiger charge is 2.10. The molecule has 0 aliphatic rings. The summed E-state index contributed by atoms with van der Waals surface area (Å²) >= 11 is 0. The van der Waals surface area contributed by atoms with Gasteiger partial charge < -0.3 is 19.7 Å². The van der Waals surface area contributed by atoms with Crippen LogP contribution in [0.3, 0.4) is 0 Å². The zero-order valence-electron chi connectivity index (χ0n) is 18.5. The maximum absolute atomic E-state index is 10.7. The number of nitrogens with zero attached hydrogens (tertiary/aromatic N) is 2. The van der Waals surface area contributed by atoms with E-state index in [9.17, 15) is 9.59 Å². The second kappa shape index (κ2) is 12.6. The maximum atomic E-state index is 10.7. The van der Waals surface area contributed by atoms with Gasteiger partial charge in [0.2, 0.25) is 0 Å². The number of carboxylic acids is 2. The third-order valence-corrected chi connectivity index (χ3v) is 3.84.